The van der Waals surface area contributed by atoms with Gasteiger partial charge in [0.2, 0.25) is 0 Å². The molecule has 2 N–H and O–H groups in total. The molecule has 0 saturated carbocycles. The van der Waals surface area contributed by atoms with E-state index in [2.05, 4.69) is 40.9 Å². The van der Waals surface area contributed by atoms with Crippen molar-refractivity contribution in [2.24, 2.45) is 5.73 Å². The van der Waals surface area contributed by atoms with E-state index in [9.17, 15) is 0 Å². The summed E-state index contributed by atoms with van der Waals surface area (Å²) in [5.74, 6) is 0. The van der Waals surface area contributed by atoms with E-state index in [1.54, 1.807) is 11.3 Å². The van der Waals surface area contributed by atoms with Gasteiger partial charge in [0.15, 0.2) is 0 Å². The first-order valence-electron chi connectivity index (χ1n) is 7.28. The highest BCUT2D eigenvalue weighted by Crippen LogP contribution is 2.25. The van der Waals surface area contributed by atoms with Crippen LogP contribution in [0.3, 0.4) is 0 Å². The largest absolute Gasteiger partial charge is 0.323 e. The first-order chi connectivity index (χ1) is 9.55. The fraction of sp³-hybridized carbons (Fsp3) is 0.600. The monoisotopic (exact) mass is 292 g/mol. The topological polar surface area (TPSA) is 56.7 Å². The SMILES string of the molecule is CCC(CC)n1ccc(CC(N)c2sc(C)nc2C)n1. The van der Waals surface area contributed by atoms with Gasteiger partial charge in [0.1, 0.15) is 0 Å². The molecule has 0 spiro atoms. The van der Waals surface area contributed by atoms with Gasteiger partial charge in [0.25, 0.3) is 0 Å². The number of nitrogens with zero attached hydrogens (tertiary/aromatic N) is 3. The lowest BCUT2D eigenvalue weighted by Gasteiger charge is -2.13. The van der Waals surface area contributed by atoms with E-state index < -0.39 is 0 Å². The summed E-state index contributed by atoms with van der Waals surface area (Å²) in [5.41, 5.74) is 8.43. The van der Waals surface area contributed by atoms with Crippen LogP contribution < -0.4 is 5.73 Å². The molecule has 0 aliphatic heterocycles. The molecule has 110 valence electrons. The van der Waals surface area contributed by atoms with Gasteiger partial charge in [0.05, 0.1) is 22.4 Å². The molecule has 0 aliphatic rings. The van der Waals surface area contributed by atoms with Crippen molar-refractivity contribution >= 4 is 11.3 Å². The molecule has 2 rings (SSSR count). The first kappa shape index (κ1) is 15.2. The maximum atomic E-state index is 6.31. The lowest BCUT2D eigenvalue weighted by atomic mass is 10.1. The Kier molecular flexibility index (Phi) is 4.94. The predicted octanol–water partition coefficient (Wildman–Crippen LogP) is 3.56. The van der Waals surface area contributed by atoms with Crippen molar-refractivity contribution in [3.8, 4) is 0 Å². The third-order valence-electron chi connectivity index (χ3n) is 3.69. The third-order valence-corrected chi connectivity index (χ3v) is 4.89. The highest BCUT2D eigenvalue weighted by molar-refractivity contribution is 7.11. The normalized spacial score (nSPS) is 13.1. The quantitative estimate of drug-likeness (QED) is 0.885. The van der Waals surface area contributed by atoms with E-state index in [-0.39, 0.29) is 6.04 Å². The summed E-state index contributed by atoms with van der Waals surface area (Å²) < 4.78 is 2.08. The van der Waals surface area contributed by atoms with E-state index >= 15 is 0 Å². The maximum absolute atomic E-state index is 6.31. The zero-order valence-corrected chi connectivity index (χ0v) is 13.6. The summed E-state index contributed by atoms with van der Waals surface area (Å²) in [6, 6.07) is 2.57. The summed E-state index contributed by atoms with van der Waals surface area (Å²) in [6.45, 7) is 8.45. The van der Waals surface area contributed by atoms with Gasteiger partial charge in [-0.3, -0.25) is 4.68 Å². The molecule has 1 atom stereocenters. The molecule has 0 aliphatic carbocycles. The highest BCUT2D eigenvalue weighted by atomic mass is 32.1. The maximum Gasteiger partial charge on any atom is 0.0900 e. The van der Waals surface area contributed by atoms with Gasteiger partial charge in [-0.2, -0.15) is 5.10 Å². The molecule has 0 bridgehead atoms. The van der Waals surface area contributed by atoms with Crippen molar-refractivity contribution in [3.05, 3.63) is 33.5 Å². The minimum atomic E-state index is -0.00810. The Morgan fingerprint density at radius 1 is 1.30 bits per heavy atom. The average Bonchev–Trinajstić information content (AvgIpc) is 2.98. The standard InChI is InChI=1S/C15H24N4S/c1-5-13(6-2)19-8-7-12(18-19)9-14(16)15-10(3)17-11(4)20-15/h7-8,13-14H,5-6,9,16H2,1-4H3. The Morgan fingerprint density at radius 2 is 2.00 bits per heavy atom. The van der Waals surface area contributed by atoms with Crippen LogP contribution in [-0.4, -0.2) is 14.8 Å². The number of aromatic nitrogens is 3. The van der Waals surface area contributed by atoms with Gasteiger partial charge in [0, 0.05) is 23.5 Å². The third kappa shape index (κ3) is 3.27. The zero-order chi connectivity index (χ0) is 14.7. The number of hydrogen-bond donors (Lipinski definition) is 1. The second-order valence-corrected chi connectivity index (χ2v) is 6.49. The average molecular weight is 292 g/mol. The van der Waals surface area contributed by atoms with Crippen LogP contribution in [0, 0.1) is 13.8 Å². The number of nitrogens with two attached hydrogens (primary N) is 1. The number of rotatable bonds is 6. The molecular weight excluding hydrogens is 268 g/mol. The summed E-state index contributed by atoms with van der Waals surface area (Å²) in [7, 11) is 0. The molecule has 2 aromatic rings. The van der Waals surface area contributed by atoms with Crippen molar-refractivity contribution in [1.82, 2.24) is 14.8 Å². The van der Waals surface area contributed by atoms with Gasteiger partial charge in [-0.05, 0) is 32.8 Å². The predicted molar refractivity (Wildman–Crippen MR) is 84.1 cm³/mol. The van der Waals surface area contributed by atoms with E-state index in [0.717, 1.165) is 35.7 Å². The van der Waals surface area contributed by atoms with Crippen LogP contribution in [0.1, 0.15) is 60.0 Å². The van der Waals surface area contributed by atoms with Crippen LogP contribution in [0.2, 0.25) is 0 Å². The molecule has 0 aromatic carbocycles. The second-order valence-electron chi connectivity index (χ2n) is 5.25. The molecule has 4 nitrogen and oxygen atoms in total. The van der Waals surface area contributed by atoms with Gasteiger partial charge >= 0.3 is 0 Å². The summed E-state index contributed by atoms with van der Waals surface area (Å²) in [5, 5.41) is 5.75. The number of hydrogen-bond acceptors (Lipinski definition) is 4. The summed E-state index contributed by atoms with van der Waals surface area (Å²) in [6.07, 6.45) is 5.06. The molecule has 1 unspecified atom stereocenters. The molecule has 5 heteroatoms. The lowest BCUT2D eigenvalue weighted by Crippen LogP contribution is -2.14. The number of aryl methyl sites for hydroxylation is 2. The molecule has 2 aromatic heterocycles. The van der Waals surface area contributed by atoms with Crippen molar-refractivity contribution in [2.75, 3.05) is 0 Å². The molecule has 0 saturated heterocycles. The van der Waals surface area contributed by atoms with Crippen molar-refractivity contribution < 1.29 is 0 Å². The molecule has 0 amide bonds. The van der Waals surface area contributed by atoms with Crippen LogP contribution in [0.25, 0.3) is 0 Å². The second kappa shape index (κ2) is 6.50. The van der Waals surface area contributed by atoms with Gasteiger partial charge in [-0.1, -0.05) is 13.8 Å². The van der Waals surface area contributed by atoms with E-state index in [0.29, 0.717) is 6.04 Å². The zero-order valence-electron chi connectivity index (χ0n) is 12.8. The highest BCUT2D eigenvalue weighted by Gasteiger charge is 2.16. The Hall–Kier alpha value is -1.20. The van der Waals surface area contributed by atoms with Crippen LogP contribution >= 0.6 is 11.3 Å². The Bertz CT molecular complexity index is 554. The minimum Gasteiger partial charge on any atom is -0.323 e. The van der Waals surface area contributed by atoms with Crippen molar-refractivity contribution in [3.63, 3.8) is 0 Å². The molecule has 0 radical (unpaired) electrons. The summed E-state index contributed by atoms with van der Waals surface area (Å²) in [4.78, 5) is 5.63. The Morgan fingerprint density at radius 3 is 2.55 bits per heavy atom. The van der Waals surface area contributed by atoms with E-state index in [1.807, 2.05) is 13.8 Å². The van der Waals surface area contributed by atoms with Crippen LogP contribution in [0.15, 0.2) is 12.3 Å². The van der Waals surface area contributed by atoms with E-state index in [4.69, 9.17) is 5.73 Å². The van der Waals surface area contributed by atoms with Crippen LogP contribution in [0.4, 0.5) is 0 Å². The van der Waals surface area contributed by atoms with Crippen LogP contribution in [0.5, 0.6) is 0 Å². The fourth-order valence-corrected chi connectivity index (χ4v) is 3.49. The fourth-order valence-electron chi connectivity index (χ4n) is 2.56. The van der Waals surface area contributed by atoms with Gasteiger partial charge in [-0.25, -0.2) is 4.98 Å². The first-order valence-corrected chi connectivity index (χ1v) is 8.10. The lowest BCUT2D eigenvalue weighted by molar-refractivity contribution is 0.424. The molecule has 2 heterocycles. The van der Waals surface area contributed by atoms with Crippen molar-refractivity contribution in [1.29, 1.82) is 0 Å². The Labute approximate surface area is 125 Å². The Balaban J connectivity index is 2.08. The molecule has 0 fully saturated rings. The van der Waals surface area contributed by atoms with Crippen molar-refractivity contribution in [2.45, 2.75) is 59.0 Å². The smallest absolute Gasteiger partial charge is 0.0900 e. The van der Waals surface area contributed by atoms with Gasteiger partial charge < -0.3 is 5.73 Å². The van der Waals surface area contributed by atoms with Crippen LogP contribution in [-0.2, 0) is 6.42 Å². The molecule has 20 heavy (non-hydrogen) atoms. The minimum absolute atomic E-state index is 0.00810. The number of thiazole rings is 1. The van der Waals surface area contributed by atoms with Gasteiger partial charge in [-0.15, -0.1) is 11.3 Å². The summed E-state index contributed by atoms with van der Waals surface area (Å²) >= 11 is 1.69. The molecular formula is C15H24N4S. The van der Waals surface area contributed by atoms with E-state index in [1.165, 1.54) is 4.88 Å².